The van der Waals surface area contributed by atoms with Gasteiger partial charge in [0, 0.05) is 59.8 Å². The lowest BCUT2D eigenvalue weighted by Crippen LogP contribution is -2.55. The average molecular weight is 696 g/mol. The van der Waals surface area contributed by atoms with E-state index in [4.69, 9.17) is 28.9 Å². The number of nitrogens with two attached hydrogens (primary N) is 1. The molecule has 2 aliphatic heterocycles. The topological polar surface area (TPSA) is 73.0 Å². The summed E-state index contributed by atoms with van der Waals surface area (Å²) in [6, 6.07) is 15.3. The Morgan fingerprint density at radius 1 is 0.956 bits per heavy atom. The summed E-state index contributed by atoms with van der Waals surface area (Å²) < 4.78 is 13.8. The third-order valence-electron chi connectivity index (χ3n) is 8.84. The van der Waals surface area contributed by atoms with Crippen molar-refractivity contribution in [3.63, 3.8) is 0 Å². The number of likely N-dealkylation sites (tertiary alicyclic amines) is 1. The minimum Gasteiger partial charge on any atom is -0.508 e. The maximum atomic E-state index is 13.8. The van der Waals surface area contributed by atoms with Crippen molar-refractivity contribution in [3.8, 4) is 16.9 Å². The highest BCUT2D eigenvalue weighted by Crippen LogP contribution is 2.35. The maximum absolute atomic E-state index is 13.8. The van der Waals surface area contributed by atoms with E-state index in [1.165, 1.54) is 6.07 Å². The molecule has 0 aromatic heterocycles. The molecule has 2 saturated heterocycles. The number of nitrogens with zero attached hydrogens (tertiary/aromatic N) is 3. The summed E-state index contributed by atoms with van der Waals surface area (Å²) in [6.07, 6.45) is 2.56. The van der Waals surface area contributed by atoms with Crippen LogP contribution >= 0.6 is 47.4 Å². The van der Waals surface area contributed by atoms with Crippen LogP contribution in [0, 0.1) is 11.7 Å². The van der Waals surface area contributed by atoms with Gasteiger partial charge in [0.2, 0.25) is 5.91 Å². The van der Waals surface area contributed by atoms with Crippen LogP contribution in [0.2, 0.25) is 10.0 Å². The average Bonchev–Trinajstić information content (AvgIpc) is 3.03. The molecule has 5 rings (SSSR count). The Bertz CT molecular complexity index is 1450. The summed E-state index contributed by atoms with van der Waals surface area (Å²) in [5.74, 6) is 1.08. The molecule has 1 unspecified atom stereocenters. The molecule has 0 aliphatic carbocycles. The van der Waals surface area contributed by atoms with E-state index in [9.17, 15) is 14.3 Å². The van der Waals surface area contributed by atoms with Gasteiger partial charge in [0.05, 0.1) is 6.04 Å². The van der Waals surface area contributed by atoms with E-state index in [1.807, 2.05) is 29.2 Å². The van der Waals surface area contributed by atoms with Gasteiger partial charge in [-0.2, -0.15) is 0 Å². The van der Waals surface area contributed by atoms with Gasteiger partial charge in [0.1, 0.15) is 11.6 Å². The van der Waals surface area contributed by atoms with Crippen molar-refractivity contribution in [1.82, 2.24) is 14.7 Å². The second kappa shape index (κ2) is 16.7. The number of aromatic hydroxyl groups is 1. The van der Waals surface area contributed by atoms with E-state index in [0.29, 0.717) is 23.1 Å². The van der Waals surface area contributed by atoms with E-state index < -0.39 is 6.04 Å². The number of rotatable bonds is 10. The number of hydrogen-bond acceptors (Lipinski definition) is 6. The molecule has 3 aromatic rings. The normalized spacial score (nSPS) is 17.2. The molecule has 11 heteroatoms. The van der Waals surface area contributed by atoms with Crippen LogP contribution in [0.3, 0.4) is 0 Å². The van der Waals surface area contributed by atoms with Crippen LogP contribution in [0.1, 0.15) is 30.9 Å². The summed E-state index contributed by atoms with van der Waals surface area (Å²) in [7, 11) is 0. The summed E-state index contributed by atoms with van der Waals surface area (Å²) in [6.45, 7) is 8.34. The number of amides is 1. The number of piperidine rings is 1. The highest BCUT2D eigenvalue weighted by molar-refractivity contribution is 7.99. The molecule has 0 radical (unpaired) electrons. The lowest BCUT2D eigenvalue weighted by atomic mass is 9.88. The molecule has 3 N–H and O–H groups in total. The number of phenols is 1. The van der Waals surface area contributed by atoms with E-state index in [0.717, 1.165) is 91.4 Å². The van der Waals surface area contributed by atoms with Crippen molar-refractivity contribution >= 4 is 53.3 Å². The molecule has 244 valence electrons. The second-order valence-corrected chi connectivity index (χ2v) is 13.9. The highest BCUT2D eigenvalue weighted by Gasteiger charge is 2.33. The minimum atomic E-state index is -0.485. The Morgan fingerprint density at radius 2 is 1.69 bits per heavy atom. The van der Waals surface area contributed by atoms with Crippen LogP contribution in [0.5, 0.6) is 5.75 Å². The van der Waals surface area contributed by atoms with Crippen LogP contribution in [-0.2, 0) is 17.8 Å². The van der Waals surface area contributed by atoms with Crippen LogP contribution in [0.15, 0.2) is 59.5 Å². The van der Waals surface area contributed by atoms with Crippen molar-refractivity contribution in [1.29, 1.82) is 0 Å². The van der Waals surface area contributed by atoms with E-state index in [-0.39, 0.29) is 35.8 Å². The van der Waals surface area contributed by atoms with Crippen molar-refractivity contribution in [2.75, 3.05) is 51.6 Å². The Balaban J connectivity index is 0.00000461. The van der Waals surface area contributed by atoms with Crippen molar-refractivity contribution < 1.29 is 14.3 Å². The Morgan fingerprint density at radius 3 is 2.40 bits per heavy atom. The first-order chi connectivity index (χ1) is 21.2. The van der Waals surface area contributed by atoms with Gasteiger partial charge in [-0.15, -0.1) is 24.2 Å². The van der Waals surface area contributed by atoms with E-state index >= 15 is 0 Å². The molecule has 1 amide bonds. The quantitative estimate of drug-likeness (QED) is 0.224. The van der Waals surface area contributed by atoms with Gasteiger partial charge in [-0.1, -0.05) is 42.3 Å². The SMILES string of the molecule is CCSc1cc(F)ccc1CN1CCN(C(=O)C(N)C2CCN(CCc3cc(Cl)ccc3-c3cc(O)ccc3Cl)CC2)CC1.Cl. The predicted molar refractivity (Wildman–Crippen MR) is 186 cm³/mol. The second-order valence-electron chi connectivity index (χ2n) is 11.7. The molecule has 0 spiro atoms. The summed E-state index contributed by atoms with van der Waals surface area (Å²) in [5, 5.41) is 11.3. The zero-order chi connectivity index (χ0) is 31.2. The number of benzene rings is 3. The predicted octanol–water partition coefficient (Wildman–Crippen LogP) is 6.97. The number of piperazine rings is 1. The molecule has 45 heavy (non-hydrogen) atoms. The monoisotopic (exact) mass is 694 g/mol. The third kappa shape index (κ3) is 9.28. The van der Waals surface area contributed by atoms with Crippen LogP contribution in [-0.4, -0.2) is 83.3 Å². The van der Waals surface area contributed by atoms with E-state index in [2.05, 4.69) is 16.7 Å². The van der Waals surface area contributed by atoms with Crippen LogP contribution in [0.4, 0.5) is 4.39 Å². The molecular weight excluding hydrogens is 654 g/mol. The molecule has 1 atom stereocenters. The fourth-order valence-corrected chi connectivity index (χ4v) is 7.53. The van der Waals surface area contributed by atoms with Gasteiger partial charge in [0.25, 0.3) is 0 Å². The summed E-state index contributed by atoms with van der Waals surface area (Å²) in [5.41, 5.74) is 10.6. The number of hydrogen-bond donors (Lipinski definition) is 2. The first-order valence-electron chi connectivity index (χ1n) is 15.4. The van der Waals surface area contributed by atoms with Crippen molar-refractivity contribution in [2.45, 2.75) is 43.7 Å². The van der Waals surface area contributed by atoms with Gasteiger partial charge >= 0.3 is 0 Å². The third-order valence-corrected chi connectivity index (χ3v) is 10.4. The van der Waals surface area contributed by atoms with E-state index in [1.54, 1.807) is 36.0 Å². The van der Waals surface area contributed by atoms with Gasteiger partial charge in [0.15, 0.2) is 0 Å². The molecule has 2 heterocycles. The van der Waals surface area contributed by atoms with Gasteiger partial charge in [-0.3, -0.25) is 9.69 Å². The zero-order valence-electron chi connectivity index (χ0n) is 25.6. The molecular formula is C34H42Cl3FN4O2S. The van der Waals surface area contributed by atoms with Crippen LogP contribution < -0.4 is 5.73 Å². The summed E-state index contributed by atoms with van der Waals surface area (Å²) >= 11 is 14.5. The van der Waals surface area contributed by atoms with Gasteiger partial charge in [-0.05, 0) is 103 Å². The molecule has 0 saturated carbocycles. The largest absolute Gasteiger partial charge is 0.508 e. The maximum Gasteiger partial charge on any atom is 0.239 e. The first kappa shape index (κ1) is 35.8. The Labute approximate surface area is 286 Å². The highest BCUT2D eigenvalue weighted by atomic mass is 35.5. The summed E-state index contributed by atoms with van der Waals surface area (Å²) in [4.78, 5) is 21.0. The minimum absolute atomic E-state index is 0. The smallest absolute Gasteiger partial charge is 0.239 e. The molecule has 6 nitrogen and oxygen atoms in total. The lowest BCUT2D eigenvalue weighted by Gasteiger charge is -2.39. The molecule has 2 fully saturated rings. The van der Waals surface area contributed by atoms with Crippen molar-refractivity contribution in [3.05, 3.63) is 81.6 Å². The molecule has 0 bridgehead atoms. The fraction of sp³-hybridized carbons (Fsp3) is 0.441. The van der Waals surface area contributed by atoms with Gasteiger partial charge in [-0.25, -0.2) is 4.39 Å². The van der Waals surface area contributed by atoms with Crippen LogP contribution in [0.25, 0.3) is 11.1 Å². The Kier molecular flexibility index (Phi) is 13.3. The number of carbonyl (C=O) groups excluding carboxylic acids is 1. The first-order valence-corrected chi connectivity index (χ1v) is 17.1. The van der Waals surface area contributed by atoms with Gasteiger partial charge < -0.3 is 20.6 Å². The molecule has 2 aliphatic rings. The zero-order valence-corrected chi connectivity index (χ0v) is 28.7. The number of thioether (sulfide) groups is 1. The number of carbonyl (C=O) groups is 1. The standard InChI is InChI=1S/C34H41Cl2FN4O2S.ClH/c1-2-44-32-20-27(37)5-3-25(32)22-40-15-17-41(18-16-40)34(43)33(38)23-9-12-39(13-10-23)14-11-24-19-26(35)4-7-29(24)30-21-28(42)6-8-31(30)36;/h3-8,19-21,23,33,42H,2,9-18,22,38H2,1H3;1H. The molecule has 3 aromatic carbocycles. The fourth-order valence-electron chi connectivity index (χ4n) is 6.29. The number of phenolic OH excluding ortho intramolecular Hbond substituents is 1. The van der Waals surface area contributed by atoms with Crippen molar-refractivity contribution in [2.24, 2.45) is 11.7 Å². The Hall–Kier alpha value is -2.04. The number of halogens is 4. The lowest BCUT2D eigenvalue weighted by molar-refractivity contribution is -0.136.